The summed E-state index contributed by atoms with van der Waals surface area (Å²) in [5.41, 5.74) is 2.98. The largest absolute Gasteiger partial charge is 0.478 e. The molecule has 6 heteroatoms. The van der Waals surface area contributed by atoms with Crippen molar-refractivity contribution in [3.63, 3.8) is 0 Å². The van der Waals surface area contributed by atoms with Gasteiger partial charge in [0.05, 0.1) is 16.8 Å². The minimum Gasteiger partial charge on any atom is -0.478 e. The first kappa shape index (κ1) is 16.2. The number of nitrogens with zero attached hydrogens (tertiary/aromatic N) is 2. The number of rotatable bonds is 3. The molecule has 1 aliphatic heterocycles. The monoisotopic (exact) mass is 326 g/mol. The number of aromatic nitrogens is 1. The van der Waals surface area contributed by atoms with Crippen molar-refractivity contribution in [2.75, 3.05) is 18.6 Å². The molecule has 24 heavy (non-hydrogen) atoms. The molecule has 3 rings (SSSR count). The van der Waals surface area contributed by atoms with Crippen LogP contribution < -0.4 is 4.90 Å². The molecule has 0 spiro atoms. The van der Waals surface area contributed by atoms with E-state index in [1.165, 1.54) is 13.2 Å². The zero-order valence-electron chi connectivity index (χ0n) is 13.4. The molecule has 0 saturated heterocycles. The molecule has 6 nitrogen and oxygen atoms in total. The van der Waals surface area contributed by atoms with Gasteiger partial charge in [-0.3, -0.25) is 4.98 Å². The maximum atomic E-state index is 11.6. The third-order valence-electron chi connectivity index (χ3n) is 4.37. The summed E-state index contributed by atoms with van der Waals surface area (Å²) in [7, 11) is 1.39. The van der Waals surface area contributed by atoms with Crippen LogP contribution in [0.15, 0.2) is 47.5 Å². The SMILES string of the molecule is COC1C(=C=O)C(N2CCCCc3cnccc32)=CC=C1C(=O)O. The van der Waals surface area contributed by atoms with Crippen LogP contribution in [0.1, 0.15) is 18.4 Å². The van der Waals surface area contributed by atoms with Crippen LogP contribution in [-0.4, -0.2) is 41.8 Å². The molecule has 1 atom stereocenters. The van der Waals surface area contributed by atoms with E-state index in [1.54, 1.807) is 12.3 Å². The highest BCUT2D eigenvalue weighted by molar-refractivity contribution is 5.92. The zero-order chi connectivity index (χ0) is 17.1. The number of hydrogen-bond donors (Lipinski definition) is 1. The van der Waals surface area contributed by atoms with Gasteiger partial charge in [-0.05, 0) is 43.0 Å². The Hall–Kier alpha value is -2.69. The van der Waals surface area contributed by atoms with Gasteiger partial charge in [0, 0.05) is 31.7 Å². The van der Waals surface area contributed by atoms with E-state index in [2.05, 4.69) is 4.98 Å². The van der Waals surface area contributed by atoms with Crippen molar-refractivity contribution in [1.82, 2.24) is 4.98 Å². The highest BCUT2D eigenvalue weighted by Gasteiger charge is 2.33. The Morgan fingerprint density at radius 3 is 2.96 bits per heavy atom. The lowest BCUT2D eigenvalue weighted by molar-refractivity contribution is -0.133. The third-order valence-corrected chi connectivity index (χ3v) is 4.37. The number of methoxy groups -OCH3 is 1. The standard InChI is InChI=1S/C18H18N2O4/c1-24-17-13(18(22)23)5-6-16(14(17)11-21)20-9-3-2-4-12-10-19-8-7-15(12)20/h5-8,10,17H,2-4,9H2,1H3,(H,22,23). The highest BCUT2D eigenvalue weighted by Crippen LogP contribution is 2.35. The summed E-state index contributed by atoms with van der Waals surface area (Å²) in [5, 5.41) is 9.31. The maximum Gasteiger partial charge on any atom is 0.334 e. The number of carboxylic acids is 1. The van der Waals surface area contributed by atoms with E-state index in [1.807, 2.05) is 23.1 Å². The van der Waals surface area contributed by atoms with Gasteiger partial charge in [0.1, 0.15) is 12.0 Å². The lowest BCUT2D eigenvalue weighted by Gasteiger charge is -2.32. The summed E-state index contributed by atoms with van der Waals surface area (Å²) in [6.45, 7) is 0.737. The molecule has 2 aliphatic rings. The van der Waals surface area contributed by atoms with Crippen LogP contribution >= 0.6 is 0 Å². The van der Waals surface area contributed by atoms with Crippen molar-refractivity contribution in [2.45, 2.75) is 25.4 Å². The first-order chi connectivity index (χ1) is 11.7. The van der Waals surface area contributed by atoms with Gasteiger partial charge in [-0.2, -0.15) is 0 Å². The molecular weight excluding hydrogens is 308 g/mol. The topological polar surface area (TPSA) is 79.7 Å². The number of pyridine rings is 1. The van der Waals surface area contributed by atoms with Gasteiger partial charge in [0.25, 0.3) is 0 Å². The predicted octanol–water partition coefficient (Wildman–Crippen LogP) is 1.91. The number of anilines is 1. The number of fused-ring (bicyclic) bond motifs is 1. The van der Waals surface area contributed by atoms with E-state index in [-0.39, 0.29) is 11.1 Å². The van der Waals surface area contributed by atoms with E-state index >= 15 is 0 Å². The first-order valence-corrected chi connectivity index (χ1v) is 7.81. The Labute approximate surface area is 139 Å². The summed E-state index contributed by atoms with van der Waals surface area (Å²) in [6, 6.07) is 1.92. The normalized spacial score (nSPS) is 20.5. The number of carboxylic acid groups (broad SMARTS) is 1. The van der Waals surface area contributed by atoms with Gasteiger partial charge < -0.3 is 14.7 Å². The van der Waals surface area contributed by atoms with Crippen LogP contribution in [0.3, 0.4) is 0 Å². The smallest absolute Gasteiger partial charge is 0.334 e. The molecule has 1 aromatic rings. The zero-order valence-corrected chi connectivity index (χ0v) is 13.4. The van der Waals surface area contributed by atoms with Gasteiger partial charge in [0.2, 0.25) is 0 Å². The van der Waals surface area contributed by atoms with E-state index < -0.39 is 12.1 Å². The molecule has 2 heterocycles. The van der Waals surface area contributed by atoms with E-state index in [0.717, 1.165) is 37.1 Å². The molecule has 0 bridgehead atoms. The summed E-state index contributed by atoms with van der Waals surface area (Å²) in [4.78, 5) is 29.2. The van der Waals surface area contributed by atoms with Crippen LogP contribution in [0.2, 0.25) is 0 Å². The lowest BCUT2D eigenvalue weighted by atomic mass is 9.93. The van der Waals surface area contributed by atoms with Crippen molar-refractivity contribution >= 4 is 17.6 Å². The fraction of sp³-hybridized carbons (Fsp3) is 0.333. The van der Waals surface area contributed by atoms with E-state index in [0.29, 0.717) is 5.70 Å². The number of aryl methyl sites for hydroxylation is 1. The molecular formula is C18H18N2O4. The quantitative estimate of drug-likeness (QED) is 0.855. The van der Waals surface area contributed by atoms with Crippen LogP contribution in [0.25, 0.3) is 0 Å². The van der Waals surface area contributed by atoms with Crippen molar-refractivity contribution < 1.29 is 19.4 Å². The van der Waals surface area contributed by atoms with Crippen molar-refractivity contribution in [3.05, 3.63) is 53.0 Å². The highest BCUT2D eigenvalue weighted by atomic mass is 16.5. The number of carbonyl (C=O) groups excluding carboxylic acids is 1. The first-order valence-electron chi connectivity index (χ1n) is 7.81. The Kier molecular flexibility index (Phi) is 4.60. The van der Waals surface area contributed by atoms with Crippen LogP contribution in [0, 0.1) is 0 Å². The Bertz CT molecular complexity index is 775. The number of aliphatic carboxylic acids is 1. The van der Waals surface area contributed by atoms with Gasteiger partial charge in [-0.1, -0.05) is 0 Å². The predicted molar refractivity (Wildman–Crippen MR) is 88.3 cm³/mol. The van der Waals surface area contributed by atoms with E-state index in [9.17, 15) is 14.7 Å². The summed E-state index contributed by atoms with van der Waals surface area (Å²) in [5.74, 6) is 0.794. The number of hydrogen-bond acceptors (Lipinski definition) is 5. The second-order valence-electron chi connectivity index (χ2n) is 5.72. The maximum absolute atomic E-state index is 11.6. The third kappa shape index (κ3) is 2.77. The molecule has 1 N–H and O–H groups in total. The number of allylic oxidation sites excluding steroid dienone is 2. The Morgan fingerprint density at radius 1 is 1.42 bits per heavy atom. The van der Waals surface area contributed by atoms with Crippen molar-refractivity contribution in [2.24, 2.45) is 0 Å². The summed E-state index contributed by atoms with van der Waals surface area (Å²) >= 11 is 0. The molecule has 0 amide bonds. The van der Waals surface area contributed by atoms with Gasteiger partial charge in [-0.15, -0.1) is 0 Å². The fourth-order valence-electron chi connectivity index (χ4n) is 3.24. The molecule has 124 valence electrons. The second kappa shape index (κ2) is 6.83. The average Bonchev–Trinajstić information content (AvgIpc) is 2.82. The van der Waals surface area contributed by atoms with Crippen LogP contribution in [-0.2, 0) is 20.7 Å². The molecule has 1 unspecified atom stereocenters. The fourth-order valence-corrected chi connectivity index (χ4v) is 3.24. The van der Waals surface area contributed by atoms with Crippen LogP contribution in [0.5, 0.6) is 0 Å². The van der Waals surface area contributed by atoms with Gasteiger partial charge in [0.15, 0.2) is 0 Å². The van der Waals surface area contributed by atoms with Gasteiger partial charge in [-0.25, -0.2) is 9.59 Å². The lowest BCUT2D eigenvalue weighted by Crippen LogP contribution is -2.33. The number of ether oxygens (including phenoxy) is 1. The Balaban J connectivity index is 2.11. The molecule has 0 fully saturated rings. The molecule has 1 aromatic heterocycles. The number of carbonyl (C=O) groups is 1. The van der Waals surface area contributed by atoms with Crippen molar-refractivity contribution in [1.29, 1.82) is 0 Å². The average molecular weight is 326 g/mol. The Morgan fingerprint density at radius 2 is 2.25 bits per heavy atom. The molecule has 0 saturated carbocycles. The molecule has 1 aliphatic carbocycles. The van der Waals surface area contributed by atoms with Gasteiger partial charge >= 0.3 is 5.97 Å². The second-order valence-corrected chi connectivity index (χ2v) is 5.72. The molecule has 0 aromatic carbocycles. The van der Waals surface area contributed by atoms with Crippen LogP contribution in [0.4, 0.5) is 5.69 Å². The van der Waals surface area contributed by atoms with Crippen molar-refractivity contribution in [3.8, 4) is 0 Å². The van der Waals surface area contributed by atoms with E-state index in [4.69, 9.17) is 4.74 Å². The minimum absolute atomic E-state index is 0.0318. The molecule has 0 radical (unpaired) electrons. The minimum atomic E-state index is -1.11. The summed E-state index contributed by atoms with van der Waals surface area (Å²) in [6.07, 6.45) is 8.72. The summed E-state index contributed by atoms with van der Waals surface area (Å²) < 4.78 is 5.28.